The molecule has 0 spiro atoms. The van der Waals surface area contributed by atoms with Gasteiger partial charge in [0.1, 0.15) is 5.75 Å². The summed E-state index contributed by atoms with van der Waals surface area (Å²) >= 11 is 5.85. The number of carbonyl (C=O) groups excluding carboxylic acids is 3. The number of piperidine rings is 1. The van der Waals surface area contributed by atoms with Crippen LogP contribution in [0.2, 0.25) is 5.02 Å². The lowest BCUT2D eigenvalue weighted by atomic mass is 9.95. The van der Waals surface area contributed by atoms with Gasteiger partial charge in [-0.25, -0.2) is 0 Å². The molecule has 1 aromatic carbocycles. The number of amides is 3. The summed E-state index contributed by atoms with van der Waals surface area (Å²) in [6, 6.07) is 6.89. The average molecular weight is 436 g/mol. The molecule has 1 unspecified atom stereocenters. The summed E-state index contributed by atoms with van der Waals surface area (Å²) in [6.45, 7) is 5.26. The normalized spacial score (nSPS) is 19.5. The number of hydrogen-bond acceptors (Lipinski definition) is 4. The van der Waals surface area contributed by atoms with Gasteiger partial charge in [0.25, 0.3) is 5.91 Å². The molecule has 0 aromatic heterocycles. The Bertz CT molecular complexity index is 747. The van der Waals surface area contributed by atoms with Gasteiger partial charge in [-0.05, 0) is 43.5 Å². The minimum atomic E-state index is -0.130. The van der Waals surface area contributed by atoms with Crippen molar-refractivity contribution in [1.29, 1.82) is 0 Å². The molecule has 1 aromatic rings. The number of piperazine rings is 1. The van der Waals surface area contributed by atoms with Crippen molar-refractivity contribution >= 4 is 29.3 Å². The highest BCUT2D eigenvalue weighted by Gasteiger charge is 2.33. The van der Waals surface area contributed by atoms with Crippen molar-refractivity contribution in [2.24, 2.45) is 5.92 Å². The van der Waals surface area contributed by atoms with Gasteiger partial charge >= 0.3 is 0 Å². The van der Waals surface area contributed by atoms with Gasteiger partial charge in [0.05, 0.1) is 5.92 Å². The highest BCUT2D eigenvalue weighted by atomic mass is 35.5. The molecular formula is C22H30ClN3O4. The van der Waals surface area contributed by atoms with Crippen LogP contribution in [0.3, 0.4) is 0 Å². The molecule has 0 bridgehead atoms. The third-order valence-electron chi connectivity index (χ3n) is 5.71. The first-order valence-corrected chi connectivity index (χ1v) is 11.1. The highest BCUT2D eigenvalue weighted by molar-refractivity contribution is 6.30. The Morgan fingerprint density at radius 3 is 2.30 bits per heavy atom. The van der Waals surface area contributed by atoms with E-state index in [4.69, 9.17) is 16.3 Å². The molecule has 0 radical (unpaired) electrons. The fourth-order valence-electron chi connectivity index (χ4n) is 3.98. The lowest BCUT2D eigenvalue weighted by Crippen LogP contribution is -2.54. The van der Waals surface area contributed by atoms with E-state index in [1.807, 2.05) is 16.7 Å². The number of halogens is 1. The molecule has 2 heterocycles. The van der Waals surface area contributed by atoms with Crippen molar-refractivity contribution in [3.8, 4) is 5.75 Å². The lowest BCUT2D eigenvalue weighted by molar-refractivity contribution is -0.145. The van der Waals surface area contributed by atoms with E-state index in [1.54, 1.807) is 29.2 Å². The standard InChI is InChI=1S/C22H30ClN3O4/c1-2-4-20(27)26-10-3-5-17(15-26)22(29)25-13-11-24(12-14-25)21(28)16-30-19-8-6-18(23)7-9-19/h6-9,17H,2-5,10-16H2,1H3. The van der Waals surface area contributed by atoms with E-state index in [2.05, 4.69) is 0 Å². The second-order valence-electron chi connectivity index (χ2n) is 7.88. The summed E-state index contributed by atoms with van der Waals surface area (Å²) in [4.78, 5) is 43.0. The molecule has 3 rings (SSSR count). The molecule has 1 atom stereocenters. The van der Waals surface area contributed by atoms with Gasteiger partial charge < -0.3 is 19.4 Å². The number of likely N-dealkylation sites (tertiary alicyclic amines) is 1. The van der Waals surface area contributed by atoms with Gasteiger partial charge in [-0.3, -0.25) is 14.4 Å². The summed E-state index contributed by atoms with van der Waals surface area (Å²) < 4.78 is 5.53. The maximum atomic E-state index is 12.9. The molecule has 7 nitrogen and oxygen atoms in total. The Balaban J connectivity index is 1.44. The highest BCUT2D eigenvalue weighted by Crippen LogP contribution is 2.21. The number of rotatable bonds is 6. The number of carbonyl (C=O) groups is 3. The van der Waals surface area contributed by atoms with Gasteiger partial charge in [-0.15, -0.1) is 0 Å². The topological polar surface area (TPSA) is 70.2 Å². The molecule has 2 aliphatic rings. The van der Waals surface area contributed by atoms with Crippen LogP contribution in [0.25, 0.3) is 0 Å². The third kappa shape index (κ3) is 5.88. The SMILES string of the molecule is CCCC(=O)N1CCCC(C(=O)N2CCN(C(=O)COc3ccc(Cl)cc3)CC2)C1. The predicted octanol–water partition coefficient (Wildman–Crippen LogP) is 2.43. The van der Waals surface area contributed by atoms with E-state index in [0.717, 1.165) is 25.8 Å². The zero-order valence-corrected chi connectivity index (χ0v) is 18.3. The number of nitrogens with zero attached hydrogens (tertiary/aromatic N) is 3. The quantitative estimate of drug-likeness (QED) is 0.688. The van der Waals surface area contributed by atoms with Crippen molar-refractivity contribution < 1.29 is 19.1 Å². The Labute approximate surface area is 182 Å². The number of benzene rings is 1. The summed E-state index contributed by atoms with van der Waals surface area (Å²) in [6.07, 6.45) is 3.06. The van der Waals surface area contributed by atoms with Crippen LogP contribution in [0.15, 0.2) is 24.3 Å². The third-order valence-corrected chi connectivity index (χ3v) is 5.96. The first kappa shape index (κ1) is 22.4. The first-order chi connectivity index (χ1) is 14.5. The molecule has 30 heavy (non-hydrogen) atoms. The smallest absolute Gasteiger partial charge is 0.260 e. The van der Waals surface area contributed by atoms with Crippen LogP contribution in [-0.4, -0.2) is 78.3 Å². The van der Waals surface area contributed by atoms with Crippen molar-refractivity contribution in [3.05, 3.63) is 29.3 Å². The van der Waals surface area contributed by atoms with E-state index in [1.165, 1.54) is 0 Å². The van der Waals surface area contributed by atoms with Crippen LogP contribution in [0.1, 0.15) is 32.6 Å². The Morgan fingerprint density at radius 2 is 1.63 bits per heavy atom. The summed E-state index contributed by atoms with van der Waals surface area (Å²) in [7, 11) is 0. The zero-order chi connectivity index (χ0) is 21.5. The van der Waals surface area contributed by atoms with Crippen molar-refractivity contribution in [2.45, 2.75) is 32.6 Å². The summed E-state index contributed by atoms with van der Waals surface area (Å²) in [5.74, 6) is 0.627. The van der Waals surface area contributed by atoms with Crippen LogP contribution in [0, 0.1) is 5.92 Å². The van der Waals surface area contributed by atoms with Crippen LogP contribution in [0.4, 0.5) is 0 Å². The van der Waals surface area contributed by atoms with Crippen LogP contribution in [-0.2, 0) is 14.4 Å². The molecule has 2 saturated heterocycles. The molecule has 8 heteroatoms. The Morgan fingerprint density at radius 1 is 0.967 bits per heavy atom. The number of hydrogen-bond donors (Lipinski definition) is 0. The van der Waals surface area contributed by atoms with Gasteiger partial charge in [0.15, 0.2) is 6.61 Å². The molecule has 0 aliphatic carbocycles. The molecular weight excluding hydrogens is 406 g/mol. The van der Waals surface area contributed by atoms with Crippen LogP contribution >= 0.6 is 11.6 Å². The Kier molecular flexibility index (Phi) is 7.96. The van der Waals surface area contributed by atoms with Crippen LogP contribution < -0.4 is 4.74 Å². The van der Waals surface area contributed by atoms with E-state index in [9.17, 15) is 14.4 Å². The van der Waals surface area contributed by atoms with E-state index in [-0.39, 0.29) is 30.2 Å². The van der Waals surface area contributed by atoms with E-state index in [0.29, 0.717) is 49.9 Å². The molecule has 0 N–H and O–H groups in total. The number of ether oxygens (including phenoxy) is 1. The predicted molar refractivity (Wildman–Crippen MR) is 114 cm³/mol. The minimum Gasteiger partial charge on any atom is -0.484 e. The van der Waals surface area contributed by atoms with Crippen molar-refractivity contribution in [3.63, 3.8) is 0 Å². The van der Waals surface area contributed by atoms with Gasteiger partial charge in [0.2, 0.25) is 11.8 Å². The monoisotopic (exact) mass is 435 g/mol. The Hall–Kier alpha value is -2.28. The molecule has 164 valence electrons. The lowest BCUT2D eigenvalue weighted by Gasteiger charge is -2.39. The maximum Gasteiger partial charge on any atom is 0.260 e. The van der Waals surface area contributed by atoms with Crippen molar-refractivity contribution in [1.82, 2.24) is 14.7 Å². The molecule has 2 aliphatic heterocycles. The van der Waals surface area contributed by atoms with Gasteiger partial charge in [0, 0.05) is 50.7 Å². The minimum absolute atomic E-state index is 0.0350. The first-order valence-electron chi connectivity index (χ1n) is 10.7. The molecule has 0 saturated carbocycles. The fourth-order valence-corrected chi connectivity index (χ4v) is 4.10. The fraction of sp³-hybridized carbons (Fsp3) is 0.591. The average Bonchev–Trinajstić information content (AvgIpc) is 2.78. The maximum absolute atomic E-state index is 12.9. The molecule has 2 fully saturated rings. The zero-order valence-electron chi connectivity index (χ0n) is 17.5. The van der Waals surface area contributed by atoms with Gasteiger partial charge in [-0.1, -0.05) is 18.5 Å². The summed E-state index contributed by atoms with van der Waals surface area (Å²) in [5.41, 5.74) is 0. The largest absolute Gasteiger partial charge is 0.484 e. The molecule has 3 amide bonds. The van der Waals surface area contributed by atoms with Crippen LogP contribution in [0.5, 0.6) is 5.75 Å². The van der Waals surface area contributed by atoms with Crippen molar-refractivity contribution in [2.75, 3.05) is 45.9 Å². The second kappa shape index (κ2) is 10.7. The second-order valence-corrected chi connectivity index (χ2v) is 8.31. The summed E-state index contributed by atoms with van der Waals surface area (Å²) in [5, 5.41) is 0.616. The van der Waals surface area contributed by atoms with Gasteiger partial charge in [-0.2, -0.15) is 0 Å². The van der Waals surface area contributed by atoms with E-state index < -0.39 is 0 Å². The van der Waals surface area contributed by atoms with E-state index >= 15 is 0 Å².